The first-order valence-corrected chi connectivity index (χ1v) is 4.96. The number of amides is 1. The fourth-order valence-corrected chi connectivity index (χ4v) is 1.85. The average molecular weight is 183 g/mol. The second-order valence-corrected chi connectivity index (χ2v) is 3.61. The molecule has 1 rings (SSSR count). The SMILES string of the molecule is CCCC(=O)N1CCCC1C(C)=O. The number of nitrogens with zero attached hydrogens (tertiary/aromatic N) is 1. The van der Waals surface area contributed by atoms with Crippen LogP contribution in [0.15, 0.2) is 0 Å². The summed E-state index contributed by atoms with van der Waals surface area (Å²) < 4.78 is 0. The Hall–Kier alpha value is -0.860. The number of ketones is 1. The van der Waals surface area contributed by atoms with Crippen LogP contribution in [0.5, 0.6) is 0 Å². The summed E-state index contributed by atoms with van der Waals surface area (Å²) in [6.07, 6.45) is 3.26. The molecule has 0 radical (unpaired) electrons. The number of carbonyl (C=O) groups is 2. The minimum atomic E-state index is -0.126. The minimum Gasteiger partial charge on any atom is -0.333 e. The van der Waals surface area contributed by atoms with Crippen molar-refractivity contribution in [3.8, 4) is 0 Å². The van der Waals surface area contributed by atoms with Crippen molar-refractivity contribution in [3.63, 3.8) is 0 Å². The molecule has 0 N–H and O–H groups in total. The third kappa shape index (κ3) is 2.29. The van der Waals surface area contributed by atoms with Crippen molar-refractivity contribution in [1.29, 1.82) is 0 Å². The molecular weight excluding hydrogens is 166 g/mol. The smallest absolute Gasteiger partial charge is 0.223 e. The summed E-state index contributed by atoms with van der Waals surface area (Å²) in [6, 6.07) is -0.126. The summed E-state index contributed by atoms with van der Waals surface area (Å²) in [5.74, 6) is 0.266. The molecule has 1 unspecified atom stereocenters. The van der Waals surface area contributed by atoms with Gasteiger partial charge in [0.15, 0.2) is 5.78 Å². The van der Waals surface area contributed by atoms with Crippen LogP contribution in [0.2, 0.25) is 0 Å². The van der Waals surface area contributed by atoms with E-state index in [-0.39, 0.29) is 17.7 Å². The Kier molecular flexibility index (Phi) is 3.46. The van der Waals surface area contributed by atoms with E-state index in [4.69, 9.17) is 0 Å². The van der Waals surface area contributed by atoms with Crippen LogP contribution in [-0.4, -0.2) is 29.2 Å². The quantitative estimate of drug-likeness (QED) is 0.662. The van der Waals surface area contributed by atoms with Gasteiger partial charge in [0, 0.05) is 13.0 Å². The largest absolute Gasteiger partial charge is 0.333 e. The van der Waals surface area contributed by atoms with Gasteiger partial charge in [-0.3, -0.25) is 9.59 Å². The zero-order valence-corrected chi connectivity index (χ0v) is 8.38. The van der Waals surface area contributed by atoms with E-state index in [2.05, 4.69) is 0 Å². The minimum absolute atomic E-state index is 0.126. The van der Waals surface area contributed by atoms with E-state index in [0.29, 0.717) is 6.42 Å². The monoisotopic (exact) mass is 183 g/mol. The summed E-state index contributed by atoms with van der Waals surface area (Å²) in [5.41, 5.74) is 0. The normalized spacial score (nSPS) is 22.0. The van der Waals surface area contributed by atoms with Gasteiger partial charge < -0.3 is 4.90 Å². The lowest BCUT2D eigenvalue weighted by molar-refractivity contribution is -0.136. The molecule has 1 saturated heterocycles. The van der Waals surface area contributed by atoms with E-state index in [0.717, 1.165) is 25.8 Å². The van der Waals surface area contributed by atoms with E-state index in [1.54, 1.807) is 11.8 Å². The van der Waals surface area contributed by atoms with Gasteiger partial charge in [0.1, 0.15) is 0 Å². The lowest BCUT2D eigenvalue weighted by Gasteiger charge is -2.22. The maximum absolute atomic E-state index is 11.5. The van der Waals surface area contributed by atoms with Gasteiger partial charge in [-0.25, -0.2) is 0 Å². The van der Waals surface area contributed by atoms with Gasteiger partial charge in [-0.15, -0.1) is 0 Å². The molecule has 1 aliphatic heterocycles. The first-order chi connectivity index (χ1) is 6.16. The molecule has 3 nitrogen and oxygen atoms in total. The van der Waals surface area contributed by atoms with Gasteiger partial charge in [0.05, 0.1) is 6.04 Å². The standard InChI is InChI=1S/C10H17NO2/c1-3-5-10(13)11-7-4-6-9(11)8(2)12/h9H,3-7H2,1-2H3. The molecule has 1 atom stereocenters. The summed E-state index contributed by atoms with van der Waals surface area (Å²) >= 11 is 0. The number of carbonyl (C=O) groups excluding carboxylic acids is 2. The summed E-state index contributed by atoms with van der Waals surface area (Å²) in [4.78, 5) is 24.4. The highest BCUT2D eigenvalue weighted by Crippen LogP contribution is 2.19. The Morgan fingerprint density at radius 2 is 2.15 bits per heavy atom. The van der Waals surface area contributed by atoms with Crippen molar-refractivity contribution in [2.45, 2.75) is 45.6 Å². The highest BCUT2D eigenvalue weighted by Gasteiger charge is 2.30. The molecule has 1 amide bonds. The number of Topliss-reactive ketones (excluding diaryl/α,β-unsaturated/α-hetero) is 1. The molecule has 74 valence electrons. The van der Waals surface area contributed by atoms with Gasteiger partial charge in [0.2, 0.25) is 5.91 Å². The molecule has 0 spiro atoms. The zero-order valence-electron chi connectivity index (χ0n) is 8.38. The highest BCUT2D eigenvalue weighted by atomic mass is 16.2. The Morgan fingerprint density at radius 1 is 1.46 bits per heavy atom. The zero-order chi connectivity index (χ0) is 9.84. The predicted octanol–water partition coefficient (Wildman–Crippen LogP) is 1.37. The van der Waals surface area contributed by atoms with Gasteiger partial charge >= 0.3 is 0 Å². The lowest BCUT2D eigenvalue weighted by Crippen LogP contribution is -2.39. The van der Waals surface area contributed by atoms with Crippen molar-refractivity contribution in [1.82, 2.24) is 4.90 Å². The molecule has 0 aromatic heterocycles. The highest BCUT2D eigenvalue weighted by molar-refractivity contribution is 5.88. The number of hydrogen-bond acceptors (Lipinski definition) is 2. The third-order valence-corrected chi connectivity index (χ3v) is 2.51. The second-order valence-electron chi connectivity index (χ2n) is 3.61. The van der Waals surface area contributed by atoms with Gasteiger partial charge in [-0.05, 0) is 26.2 Å². The van der Waals surface area contributed by atoms with Crippen LogP contribution in [0.1, 0.15) is 39.5 Å². The van der Waals surface area contributed by atoms with E-state index in [1.165, 1.54) is 0 Å². The Labute approximate surface area is 79.1 Å². The number of likely N-dealkylation sites (tertiary alicyclic amines) is 1. The molecule has 1 fully saturated rings. The summed E-state index contributed by atoms with van der Waals surface area (Å²) in [5, 5.41) is 0. The maximum Gasteiger partial charge on any atom is 0.223 e. The Balaban J connectivity index is 2.57. The van der Waals surface area contributed by atoms with Gasteiger partial charge in [-0.1, -0.05) is 6.92 Å². The molecule has 1 aliphatic rings. The Morgan fingerprint density at radius 3 is 2.69 bits per heavy atom. The molecule has 0 aromatic rings. The molecule has 13 heavy (non-hydrogen) atoms. The molecule has 1 heterocycles. The third-order valence-electron chi connectivity index (χ3n) is 2.51. The molecule has 0 aliphatic carbocycles. The van der Waals surface area contributed by atoms with Gasteiger partial charge in [0.25, 0.3) is 0 Å². The van der Waals surface area contributed by atoms with Crippen LogP contribution in [0, 0.1) is 0 Å². The topological polar surface area (TPSA) is 37.4 Å². The van der Waals surface area contributed by atoms with Crippen molar-refractivity contribution >= 4 is 11.7 Å². The summed E-state index contributed by atoms with van der Waals surface area (Å²) in [6.45, 7) is 4.32. The van der Waals surface area contributed by atoms with Crippen LogP contribution in [0.3, 0.4) is 0 Å². The van der Waals surface area contributed by atoms with Crippen LogP contribution in [0.25, 0.3) is 0 Å². The number of rotatable bonds is 3. The van der Waals surface area contributed by atoms with E-state index in [1.807, 2.05) is 6.92 Å². The van der Waals surface area contributed by atoms with Crippen LogP contribution in [0.4, 0.5) is 0 Å². The van der Waals surface area contributed by atoms with E-state index >= 15 is 0 Å². The van der Waals surface area contributed by atoms with E-state index < -0.39 is 0 Å². The maximum atomic E-state index is 11.5. The molecule has 0 saturated carbocycles. The van der Waals surface area contributed by atoms with Crippen molar-refractivity contribution in [2.24, 2.45) is 0 Å². The fourth-order valence-electron chi connectivity index (χ4n) is 1.85. The van der Waals surface area contributed by atoms with Crippen molar-refractivity contribution < 1.29 is 9.59 Å². The molecule has 3 heteroatoms. The molecule has 0 aromatic carbocycles. The fraction of sp³-hybridized carbons (Fsp3) is 0.800. The molecule has 0 bridgehead atoms. The second kappa shape index (κ2) is 4.40. The Bertz CT molecular complexity index is 213. The predicted molar refractivity (Wildman–Crippen MR) is 50.3 cm³/mol. The van der Waals surface area contributed by atoms with Crippen LogP contribution in [-0.2, 0) is 9.59 Å². The average Bonchev–Trinajstić information content (AvgIpc) is 2.52. The van der Waals surface area contributed by atoms with Crippen LogP contribution < -0.4 is 0 Å². The van der Waals surface area contributed by atoms with E-state index in [9.17, 15) is 9.59 Å². The molecular formula is C10H17NO2. The van der Waals surface area contributed by atoms with Gasteiger partial charge in [-0.2, -0.15) is 0 Å². The van der Waals surface area contributed by atoms with Crippen LogP contribution >= 0.6 is 0 Å². The van der Waals surface area contributed by atoms with Crippen molar-refractivity contribution in [3.05, 3.63) is 0 Å². The summed E-state index contributed by atoms with van der Waals surface area (Å²) in [7, 11) is 0. The first-order valence-electron chi connectivity index (χ1n) is 4.96. The van der Waals surface area contributed by atoms with Crippen molar-refractivity contribution in [2.75, 3.05) is 6.54 Å². The first kappa shape index (κ1) is 10.2. The number of hydrogen-bond donors (Lipinski definition) is 0. The lowest BCUT2D eigenvalue weighted by atomic mass is 10.1.